The SMILES string of the molecule is Cc1csc(CCNc2ccc(C#N)c(Br)c2)n1. The quantitative estimate of drug-likeness (QED) is 0.933. The molecule has 1 aromatic heterocycles. The number of benzene rings is 1. The lowest BCUT2D eigenvalue weighted by Crippen LogP contribution is -2.04. The van der Waals surface area contributed by atoms with Gasteiger partial charge in [0, 0.05) is 34.2 Å². The van der Waals surface area contributed by atoms with Crippen LogP contribution in [0, 0.1) is 18.3 Å². The van der Waals surface area contributed by atoms with Gasteiger partial charge in [0.1, 0.15) is 6.07 Å². The Bertz CT molecular complexity index is 586. The second-order valence-corrected chi connectivity index (χ2v) is 5.66. The van der Waals surface area contributed by atoms with Crippen LogP contribution in [0.2, 0.25) is 0 Å². The smallest absolute Gasteiger partial charge is 0.100 e. The minimum atomic E-state index is 0.649. The first kappa shape index (κ1) is 13.1. The molecule has 1 heterocycles. The molecule has 18 heavy (non-hydrogen) atoms. The molecule has 0 aliphatic heterocycles. The number of nitrogens with zero attached hydrogens (tertiary/aromatic N) is 2. The summed E-state index contributed by atoms with van der Waals surface area (Å²) in [5.74, 6) is 0. The first-order valence-electron chi connectivity index (χ1n) is 5.53. The molecule has 5 heteroatoms. The summed E-state index contributed by atoms with van der Waals surface area (Å²) in [4.78, 5) is 4.41. The van der Waals surface area contributed by atoms with Gasteiger partial charge in [-0.1, -0.05) is 0 Å². The molecule has 2 aromatic rings. The van der Waals surface area contributed by atoms with Gasteiger partial charge in [-0.3, -0.25) is 0 Å². The highest BCUT2D eigenvalue weighted by Crippen LogP contribution is 2.20. The summed E-state index contributed by atoms with van der Waals surface area (Å²) >= 11 is 5.07. The van der Waals surface area contributed by atoms with E-state index in [-0.39, 0.29) is 0 Å². The lowest BCUT2D eigenvalue weighted by molar-refractivity contribution is 0.987. The van der Waals surface area contributed by atoms with Crippen LogP contribution < -0.4 is 5.32 Å². The molecule has 0 atom stereocenters. The number of hydrogen-bond acceptors (Lipinski definition) is 4. The fourth-order valence-corrected chi connectivity index (χ4v) is 2.79. The van der Waals surface area contributed by atoms with Crippen LogP contribution in [0.5, 0.6) is 0 Å². The van der Waals surface area contributed by atoms with Gasteiger partial charge >= 0.3 is 0 Å². The third-order valence-corrected chi connectivity index (χ3v) is 4.11. The Morgan fingerprint density at radius 3 is 2.94 bits per heavy atom. The summed E-state index contributed by atoms with van der Waals surface area (Å²) in [6.07, 6.45) is 0.913. The van der Waals surface area contributed by atoms with E-state index in [2.05, 4.69) is 37.7 Å². The van der Waals surface area contributed by atoms with Gasteiger partial charge in [-0.15, -0.1) is 11.3 Å². The predicted molar refractivity (Wildman–Crippen MR) is 77.9 cm³/mol. The van der Waals surface area contributed by atoms with Crippen LogP contribution in [0.3, 0.4) is 0 Å². The monoisotopic (exact) mass is 321 g/mol. The van der Waals surface area contributed by atoms with Crippen molar-refractivity contribution in [3.05, 3.63) is 44.3 Å². The van der Waals surface area contributed by atoms with Crippen molar-refractivity contribution in [2.75, 3.05) is 11.9 Å². The second kappa shape index (κ2) is 5.98. The minimum absolute atomic E-state index is 0.649. The average molecular weight is 322 g/mol. The number of hydrogen-bond donors (Lipinski definition) is 1. The average Bonchev–Trinajstić information content (AvgIpc) is 2.75. The van der Waals surface area contributed by atoms with Gasteiger partial charge in [-0.2, -0.15) is 5.26 Å². The van der Waals surface area contributed by atoms with Crippen LogP contribution in [-0.4, -0.2) is 11.5 Å². The molecule has 0 unspecified atom stereocenters. The summed E-state index contributed by atoms with van der Waals surface area (Å²) in [6.45, 7) is 2.84. The summed E-state index contributed by atoms with van der Waals surface area (Å²) in [5, 5.41) is 15.4. The molecule has 0 saturated carbocycles. The van der Waals surface area contributed by atoms with Crippen LogP contribution >= 0.6 is 27.3 Å². The molecule has 1 aromatic carbocycles. The predicted octanol–water partition coefficient (Wildman–Crippen LogP) is 3.74. The molecule has 0 saturated heterocycles. The van der Waals surface area contributed by atoms with E-state index in [1.807, 2.05) is 19.1 Å². The lowest BCUT2D eigenvalue weighted by Gasteiger charge is -2.06. The molecular weight excluding hydrogens is 310 g/mol. The number of aryl methyl sites for hydroxylation is 1. The third kappa shape index (κ3) is 3.31. The summed E-state index contributed by atoms with van der Waals surface area (Å²) < 4.78 is 0.820. The number of aromatic nitrogens is 1. The minimum Gasteiger partial charge on any atom is -0.385 e. The van der Waals surface area contributed by atoms with Gasteiger partial charge in [0.15, 0.2) is 0 Å². The standard InChI is InChI=1S/C13H12BrN3S/c1-9-8-18-13(17-9)4-5-16-11-3-2-10(7-15)12(14)6-11/h2-3,6,8,16H,4-5H2,1H3. The summed E-state index contributed by atoms with van der Waals surface area (Å²) in [5.41, 5.74) is 2.74. The van der Waals surface area contributed by atoms with Gasteiger partial charge in [0.2, 0.25) is 0 Å². The van der Waals surface area contributed by atoms with Gasteiger partial charge in [-0.25, -0.2) is 4.98 Å². The maximum atomic E-state index is 8.83. The maximum absolute atomic E-state index is 8.83. The molecular formula is C13H12BrN3S. The van der Waals surface area contributed by atoms with Crippen molar-refractivity contribution in [3.8, 4) is 6.07 Å². The van der Waals surface area contributed by atoms with Crippen molar-refractivity contribution in [2.24, 2.45) is 0 Å². The first-order valence-corrected chi connectivity index (χ1v) is 7.21. The first-order chi connectivity index (χ1) is 8.69. The molecule has 3 nitrogen and oxygen atoms in total. The molecule has 1 N–H and O–H groups in total. The fourth-order valence-electron chi connectivity index (χ4n) is 1.55. The van der Waals surface area contributed by atoms with Crippen molar-refractivity contribution in [3.63, 3.8) is 0 Å². The zero-order valence-electron chi connectivity index (χ0n) is 9.90. The number of nitrogens with one attached hydrogen (secondary N) is 1. The number of halogens is 1. The van der Waals surface area contributed by atoms with E-state index in [1.54, 1.807) is 17.4 Å². The van der Waals surface area contributed by atoms with E-state index in [0.717, 1.165) is 33.8 Å². The van der Waals surface area contributed by atoms with E-state index in [9.17, 15) is 0 Å². The van der Waals surface area contributed by atoms with Crippen molar-refractivity contribution in [1.29, 1.82) is 5.26 Å². The zero-order chi connectivity index (χ0) is 13.0. The Kier molecular flexibility index (Phi) is 4.34. The number of anilines is 1. The van der Waals surface area contributed by atoms with Gasteiger partial charge in [-0.05, 0) is 41.1 Å². The highest BCUT2D eigenvalue weighted by molar-refractivity contribution is 9.10. The molecule has 0 amide bonds. The molecule has 0 radical (unpaired) electrons. The molecule has 0 aliphatic rings. The number of rotatable bonds is 4. The van der Waals surface area contributed by atoms with Crippen LogP contribution in [0.15, 0.2) is 28.1 Å². The van der Waals surface area contributed by atoms with Crippen LogP contribution in [0.4, 0.5) is 5.69 Å². The van der Waals surface area contributed by atoms with Gasteiger partial charge < -0.3 is 5.32 Å². The van der Waals surface area contributed by atoms with Gasteiger partial charge in [0.05, 0.1) is 10.6 Å². The molecule has 0 spiro atoms. The van der Waals surface area contributed by atoms with E-state index in [1.165, 1.54) is 0 Å². The molecule has 0 bridgehead atoms. The highest BCUT2D eigenvalue weighted by Gasteiger charge is 2.01. The molecule has 92 valence electrons. The van der Waals surface area contributed by atoms with Crippen molar-refractivity contribution in [1.82, 2.24) is 4.98 Å². The van der Waals surface area contributed by atoms with Crippen LogP contribution in [0.1, 0.15) is 16.3 Å². The Labute approximate surface area is 119 Å². The van der Waals surface area contributed by atoms with Gasteiger partial charge in [0.25, 0.3) is 0 Å². The second-order valence-electron chi connectivity index (χ2n) is 3.87. The lowest BCUT2D eigenvalue weighted by atomic mass is 10.2. The van der Waals surface area contributed by atoms with E-state index >= 15 is 0 Å². The summed E-state index contributed by atoms with van der Waals surface area (Å²) in [6, 6.07) is 7.77. The number of nitriles is 1. The highest BCUT2D eigenvalue weighted by atomic mass is 79.9. The molecule has 2 rings (SSSR count). The van der Waals surface area contributed by atoms with Crippen molar-refractivity contribution >= 4 is 33.0 Å². The Hall–Kier alpha value is -1.38. The third-order valence-electron chi connectivity index (χ3n) is 2.42. The summed E-state index contributed by atoms with van der Waals surface area (Å²) in [7, 11) is 0. The zero-order valence-corrected chi connectivity index (χ0v) is 12.3. The van der Waals surface area contributed by atoms with Crippen molar-refractivity contribution < 1.29 is 0 Å². The largest absolute Gasteiger partial charge is 0.385 e. The Morgan fingerprint density at radius 2 is 2.33 bits per heavy atom. The molecule has 0 fully saturated rings. The normalized spacial score (nSPS) is 10.1. The Morgan fingerprint density at radius 1 is 1.50 bits per heavy atom. The maximum Gasteiger partial charge on any atom is 0.100 e. The van der Waals surface area contributed by atoms with Crippen molar-refractivity contribution in [2.45, 2.75) is 13.3 Å². The molecule has 0 aliphatic carbocycles. The topological polar surface area (TPSA) is 48.7 Å². The fraction of sp³-hybridized carbons (Fsp3) is 0.231. The number of thiazole rings is 1. The van der Waals surface area contributed by atoms with Crippen LogP contribution in [-0.2, 0) is 6.42 Å². The van der Waals surface area contributed by atoms with E-state index in [4.69, 9.17) is 5.26 Å². The Balaban J connectivity index is 1.91. The van der Waals surface area contributed by atoms with E-state index < -0.39 is 0 Å². The van der Waals surface area contributed by atoms with Crippen LogP contribution in [0.25, 0.3) is 0 Å². The van der Waals surface area contributed by atoms with E-state index in [0.29, 0.717) is 5.56 Å².